The van der Waals surface area contributed by atoms with Crippen molar-refractivity contribution in [3.63, 3.8) is 0 Å². The largest absolute Gasteiger partial charge is 0.506 e. The third kappa shape index (κ3) is 2.70. The minimum absolute atomic E-state index is 0.0127. The van der Waals surface area contributed by atoms with Crippen LogP contribution in [0.2, 0.25) is 0 Å². The lowest BCUT2D eigenvalue weighted by atomic mass is 10.1. The highest BCUT2D eigenvalue weighted by atomic mass is 16.5. The molecule has 136 valence electrons. The van der Waals surface area contributed by atoms with Crippen LogP contribution in [-0.4, -0.2) is 19.8 Å². The second-order valence-corrected chi connectivity index (χ2v) is 6.51. The van der Waals surface area contributed by atoms with Crippen molar-refractivity contribution in [3.05, 3.63) is 63.9 Å². The zero-order chi connectivity index (χ0) is 19.1. The van der Waals surface area contributed by atoms with Gasteiger partial charge in [0.15, 0.2) is 0 Å². The Labute approximate surface area is 155 Å². The molecule has 6 heteroatoms. The van der Waals surface area contributed by atoms with Gasteiger partial charge in [-0.3, -0.25) is 4.79 Å². The number of pyridine rings is 1. The Morgan fingerprint density at radius 2 is 1.89 bits per heavy atom. The van der Waals surface area contributed by atoms with E-state index in [1.165, 1.54) is 5.56 Å². The number of rotatable bonds is 3. The molecule has 4 rings (SSSR count). The van der Waals surface area contributed by atoms with Crippen LogP contribution in [0.3, 0.4) is 0 Å². The maximum absolute atomic E-state index is 13.0. The molecule has 0 unspecified atom stereocenters. The molecule has 0 atom stereocenters. The lowest BCUT2D eigenvalue weighted by Gasteiger charge is -2.11. The molecule has 0 saturated heterocycles. The second-order valence-electron chi connectivity index (χ2n) is 6.51. The summed E-state index contributed by atoms with van der Waals surface area (Å²) in [4.78, 5) is 17.3. The van der Waals surface area contributed by atoms with E-state index in [0.29, 0.717) is 23.3 Å². The molecule has 0 bridgehead atoms. The van der Waals surface area contributed by atoms with Crippen LogP contribution in [0.5, 0.6) is 5.75 Å². The summed E-state index contributed by atoms with van der Waals surface area (Å²) in [6.45, 7) is 6.38. The van der Waals surface area contributed by atoms with Gasteiger partial charge in [0.1, 0.15) is 11.3 Å². The number of hydrogen-bond acceptors (Lipinski definition) is 5. The minimum atomic E-state index is -0.357. The molecule has 2 heterocycles. The van der Waals surface area contributed by atoms with E-state index in [1.807, 2.05) is 51.1 Å². The first-order valence-electron chi connectivity index (χ1n) is 8.77. The van der Waals surface area contributed by atoms with E-state index in [4.69, 9.17) is 4.52 Å². The lowest BCUT2D eigenvalue weighted by Crippen LogP contribution is -2.21. The maximum atomic E-state index is 13.0. The molecule has 6 nitrogen and oxygen atoms in total. The number of aryl methyl sites for hydroxylation is 3. The SMILES string of the molecule is CCn1c(=O)c(-c2nc(-c3ccc(C)c(C)c3)no2)c(O)c2ccccc21. The van der Waals surface area contributed by atoms with Crippen molar-refractivity contribution in [1.29, 1.82) is 0 Å². The third-order valence-corrected chi connectivity index (χ3v) is 4.87. The van der Waals surface area contributed by atoms with Gasteiger partial charge in [0, 0.05) is 17.5 Å². The molecule has 2 aromatic heterocycles. The van der Waals surface area contributed by atoms with E-state index in [1.54, 1.807) is 16.7 Å². The van der Waals surface area contributed by atoms with Gasteiger partial charge in [-0.05, 0) is 50.1 Å². The van der Waals surface area contributed by atoms with Gasteiger partial charge >= 0.3 is 0 Å². The molecule has 27 heavy (non-hydrogen) atoms. The van der Waals surface area contributed by atoms with Crippen LogP contribution in [0.1, 0.15) is 18.1 Å². The smallest absolute Gasteiger partial charge is 0.267 e. The van der Waals surface area contributed by atoms with Gasteiger partial charge in [-0.2, -0.15) is 4.98 Å². The summed E-state index contributed by atoms with van der Waals surface area (Å²) in [6, 6.07) is 13.1. The summed E-state index contributed by atoms with van der Waals surface area (Å²) in [5.41, 5.74) is 3.41. The fourth-order valence-corrected chi connectivity index (χ4v) is 3.22. The highest BCUT2D eigenvalue weighted by Gasteiger charge is 2.22. The van der Waals surface area contributed by atoms with Crippen LogP contribution < -0.4 is 5.56 Å². The van der Waals surface area contributed by atoms with Crippen LogP contribution >= 0.6 is 0 Å². The molecule has 0 amide bonds. The number of aromatic hydroxyl groups is 1. The Bertz CT molecular complexity index is 1220. The predicted molar refractivity (Wildman–Crippen MR) is 104 cm³/mol. The van der Waals surface area contributed by atoms with E-state index < -0.39 is 0 Å². The first kappa shape index (κ1) is 17.0. The molecule has 0 spiro atoms. The van der Waals surface area contributed by atoms with Crippen molar-refractivity contribution in [2.45, 2.75) is 27.3 Å². The van der Waals surface area contributed by atoms with Crippen molar-refractivity contribution in [2.75, 3.05) is 0 Å². The van der Waals surface area contributed by atoms with E-state index in [2.05, 4.69) is 10.1 Å². The van der Waals surface area contributed by atoms with Crippen molar-refractivity contribution in [1.82, 2.24) is 14.7 Å². The Hall–Kier alpha value is -3.41. The van der Waals surface area contributed by atoms with Gasteiger partial charge in [0.05, 0.1) is 5.52 Å². The standard InChI is InChI=1S/C21H19N3O3/c1-4-24-16-8-6-5-7-15(16)18(25)17(21(24)26)20-22-19(23-27-20)14-10-9-12(2)13(3)11-14/h5-11,25H,4H2,1-3H3. The van der Waals surface area contributed by atoms with Crippen molar-refractivity contribution < 1.29 is 9.63 Å². The van der Waals surface area contributed by atoms with Crippen LogP contribution in [0.4, 0.5) is 0 Å². The highest BCUT2D eigenvalue weighted by molar-refractivity contribution is 5.91. The molecule has 0 aliphatic carbocycles. The number of nitrogens with zero attached hydrogens (tertiary/aromatic N) is 3. The maximum Gasteiger partial charge on any atom is 0.267 e. The van der Waals surface area contributed by atoms with Gasteiger partial charge in [-0.15, -0.1) is 0 Å². The van der Waals surface area contributed by atoms with E-state index in [-0.39, 0.29) is 22.8 Å². The third-order valence-electron chi connectivity index (χ3n) is 4.87. The molecule has 0 aliphatic rings. The fraction of sp³-hybridized carbons (Fsp3) is 0.190. The van der Waals surface area contributed by atoms with Gasteiger partial charge in [-0.1, -0.05) is 29.4 Å². The Balaban J connectivity index is 1.92. The van der Waals surface area contributed by atoms with Crippen LogP contribution in [0.25, 0.3) is 33.7 Å². The van der Waals surface area contributed by atoms with E-state index >= 15 is 0 Å². The van der Waals surface area contributed by atoms with Gasteiger partial charge in [0.2, 0.25) is 5.82 Å². The quantitative estimate of drug-likeness (QED) is 0.595. The first-order chi connectivity index (χ1) is 13.0. The molecular formula is C21H19N3O3. The normalized spacial score (nSPS) is 11.2. The lowest BCUT2D eigenvalue weighted by molar-refractivity contribution is 0.425. The zero-order valence-corrected chi connectivity index (χ0v) is 15.4. The van der Waals surface area contributed by atoms with Gasteiger partial charge in [-0.25, -0.2) is 0 Å². The van der Waals surface area contributed by atoms with E-state index in [9.17, 15) is 9.90 Å². The van der Waals surface area contributed by atoms with Crippen molar-refractivity contribution in [2.24, 2.45) is 0 Å². The number of fused-ring (bicyclic) bond motifs is 1. The minimum Gasteiger partial charge on any atom is -0.506 e. The highest BCUT2D eigenvalue weighted by Crippen LogP contribution is 2.33. The molecule has 2 aromatic carbocycles. The van der Waals surface area contributed by atoms with Crippen LogP contribution in [0, 0.1) is 13.8 Å². The number of aromatic nitrogens is 3. The van der Waals surface area contributed by atoms with Gasteiger partial charge < -0.3 is 14.2 Å². The number of para-hydroxylation sites is 1. The summed E-state index contributed by atoms with van der Waals surface area (Å²) in [6.07, 6.45) is 0. The first-order valence-corrected chi connectivity index (χ1v) is 8.77. The van der Waals surface area contributed by atoms with Gasteiger partial charge in [0.25, 0.3) is 11.4 Å². The van der Waals surface area contributed by atoms with Crippen LogP contribution in [-0.2, 0) is 6.54 Å². The molecule has 0 aliphatic heterocycles. The summed E-state index contributed by atoms with van der Waals surface area (Å²) >= 11 is 0. The molecule has 0 fully saturated rings. The molecule has 1 N–H and O–H groups in total. The Kier molecular flexibility index (Phi) is 4.03. The van der Waals surface area contributed by atoms with Crippen LogP contribution in [0.15, 0.2) is 51.8 Å². The van der Waals surface area contributed by atoms with Crippen molar-refractivity contribution in [3.8, 4) is 28.6 Å². The Morgan fingerprint density at radius 3 is 2.63 bits per heavy atom. The molecule has 0 radical (unpaired) electrons. The average molecular weight is 361 g/mol. The second kappa shape index (κ2) is 6.39. The number of benzene rings is 2. The molecule has 4 aromatic rings. The zero-order valence-electron chi connectivity index (χ0n) is 15.4. The average Bonchev–Trinajstić information content (AvgIpc) is 3.14. The molecule has 0 saturated carbocycles. The Morgan fingerprint density at radius 1 is 1.11 bits per heavy atom. The van der Waals surface area contributed by atoms with E-state index in [0.717, 1.165) is 11.1 Å². The van der Waals surface area contributed by atoms with Crippen molar-refractivity contribution >= 4 is 10.9 Å². The summed E-state index contributed by atoms with van der Waals surface area (Å²) in [7, 11) is 0. The summed E-state index contributed by atoms with van der Waals surface area (Å²) in [5, 5.41) is 15.3. The number of hydrogen-bond donors (Lipinski definition) is 1. The topological polar surface area (TPSA) is 81.2 Å². The summed E-state index contributed by atoms with van der Waals surface area (Å²) in [5.74, 6) is 0.248. The fourth-order valence-electron chi connectivity index (χ4n) is 3.22. The monoisotopic (exact) mass is 361 g/mol. The summed E-state index contributed by atoms with van der Waals surface area (Å²) < 4.78 is 6.94. The molecular weight excluding hydrogens is 342 g/mol. The predicted octanol–water partition coefficient (Wildman–Crippen LogP) is 4.06.